The van der Waals surface area contributed by atoms with E-state index in [1.165, 1.54) is 56.3 Å². The van der Waals surface area contributed by atoms with Crippen molar-refractivity contribution < 1.29 is 9.15 Å². The first-order chi connectivity index (χ1) is 16.7. The van der Waals surface area contributed by atoms with Crippen molar-refractivity contribution in [1.82, 2.24) is 9.88 Å². The van der Waals surface area contributed by atoms with Crippen molar-refractivity contribution in [2.24, 2.45) is 5.92 Å². The highest BCUT2D eigenvalue weighted by atomic mass is 16.5. The van der Waals surface area contributed by atoms with Crippen molar-refractivity contribution in [2.45, 2.75) is 71.3 Å². The number of rotatable bonds is 8. The Balaban J connectivity index is 1.22. The molecule has 4 heteroatoms. The van der Waals surface area contributed by atoms with Crippen LogP contribution in [0, 0.1) is 12.8 Å². The molecule has 0 spiro atoms. The number of nitrogens with zero attached hydrogens (tertiary/aromatic N) is 2. The number of hydrogen-bond donors (Lipinski definition) is 0. The minimum atomic E-state index is 0.514. The zero-order chi connectivity index (χ0) is 23.3. The highest BCUT2D eigenvalue weighted by Gasteiger charge is 2.28. The molecule has 1 saturated carbocycles. The maximum Gasteiger partial charge on any atom is 0.226 e. The van der Waals surface area contributed by atoms with Crippen molar-refractivity contribution in [3.05, 3.63) is 71.1 Å². The lowest BCUT2D eigenvalue weighted by molar-refractivity contribution is 0.136. The van der Waals surface area contributed by atoms with Crippen molar-refractivity contribution >= 4 is 0 Å². The lowest BCUT2D eigenvalue weighted by Crippen LogP contribution is -2.39. The van der Waals surface area contributed by atoms with Gasteiger partial charge >= 0.3 is 0 Å². The Morgan fingerprint density at radius 3 is 2.68 bits per heavy atom. The van der Waals surface area contributed by atoms with Gasteiger partial charge in [0.1, 0.15) is 11.5 Å². The van der Waals surface area contributed by atoms with Crippen LogP contribution in [0.1, 0.15) is 74.1 Å². The van der Waals surface area contributed by atoms with Crippen LogP contribution in [0.3, 0.4) is 0 Å². The Kier molecular flexibility index (Phi) is 7.34. The van der Waals surface area contributed by atoms with Crippen LogP contribution in [0.25, 0.3) is 11.5 Å². The molecule has 3 aromatic rings. The summed E-state index contributed by atoms with van der Waals surface area (Å²) in [6.45, 7) is 7.37. The first-order valence-corrected chi connectivity index (χ1v) is 13.2. The fourth-order valence-corrected chi connectivity index (χ4v) is 5.84. The van der Waals surface area contributed by atoms with E-state index in [0.29, 0.717) is 18.5 Å². The second-order valence-electron chi connectivity index (χ2n) is 10.0. The first kappa shape index (κ1) is 23.2. The molecule has 1 aliphatic carbocycles. The topological polar surface area (TPSA) is 38.5 Å². The summed E-state index contributed by atoms with van der Waals surface area (Å²) in [6, 6.07) is 17.3. The van der Waals surface area contributed by atoms with E-state index in [0.717, 1.165) is 47.9 Å². The van der Waals surface area contributed by atoms with Crippen molar-refractivity contribution in [3.63, 3.8) is 0 Å². The molecule has 4 nitrogen and oxygen atoms in total. The fourth-order valence-electron chi connectivity index (χ4n) is 5.84. The van der Waals surface area contributed by atoms with E-state index in [-0.39, 0.29) is 0 Å². The molecule has 1 fully saturated rings. The molecule has 1 unspecified atom stereocenters. The fraction of sp³-hybridized carbons (Fsp3) is 0.500. The van der Waals surface area contributed by atoms with E-state index in [2.05, 4.69) is 30.0 Å². The lowest BCUT2D eigenvalue weighted by atomic mass is 9.86. The summed E-state index contributed by atoms with van der Waals surface area (Å²) >= 11 is 0. The highest BCUT2D eigenvalue weighted by molar-refractivity contribution is 5.53. The van der Waals surface area contributed by atoms with Gasteiger partial charge in [0.05, 0.1) is 12.3 Å². The van der Waals surface area contributed by atoms with Gasteiger partial charge in [-0.1, -0.05) is 50.5 Å². The third-order valence-corrected chi connectivity index (χ3v) is 7.71. The summed E-state index contributed by atoms with van der Waals surface area (Å²) in [6.07, 6.45) is 10.1. The third kappa shape index (κ3) is 5.22. The molecule has 0 saturated heterocycles. The van der Waals surface area contributed by atoms with E-state index >= 15 is 0 Å². The molecule has 0 N–H and O–H groups in total. The van der Waals surface area contributed by atoms with E-state index in [4.69, 9.17) is 14.1 Å². The zero-order valence-electron chi connectivity index (χ0n) is 20.8. The van der Waals surface area contributed by atoms with Crippen LogP contribution in [0.4, 0.5) is 0 Å². The summed E-state index contributed by atoms with van der Waals surface area (Å²) in [5.41, 5.74) is 4.96. The summed E-state index contributed by atoms with van der Waals surface area (Å²) in [5.74, 6) is 3.42. The van der Waals surface area contributed by atoms with Crippen LogP contribution in [0.5, 0.6) is 5.75 Å². The first-order valence-electron chi connectivity index (χ1n) is 13.2. The lowest BCUT2D eigenvalue weighted by Gasteiger charge is -2.40. The smallest absolute Gasteiger partial charge is 0.226 e. The molecule has 2 aliphatic rings. The van der Waals surface area contributed by atoms with Gasteiger partial charge in [-0.2, -0.15) is 0 Å². The van der Waals surface area contributed by atoms with Crippen LogP contribution in [0.15, 0.2) is 52.9 Å². The summed E-state index contributed by atoms with van der Waals surface area (Å²) < 4.78 is 12.1. The molecule has 34 heavy (non-hydrogen) atoms. The number of oxazole rings is 1. The molecule has 0 radical (unpaired) electrons. The second kappa shape index (κ2) is 10.8. The third-order valence-electron chi connectivity index (χ3n) is 7.71. The number of fused-ring (bicyclic) bond motifs is 1. The van der Waals surface area contributed by atoms with Gasteiger partial charge in [0, 0.05) is 31.1 Å². The Morgan fingerprint density at radius 2 is 1.88 bits per heavy atom. The number of ether oxygens (including phenoxy) is 1. The average molecular weight is 459 g/mol. The Labute approximate surface area is 204 Å². The van der Waals surface area contributed by atoms with Crippen LogP contribution >= 0.6 is 0 Å². The van der Waals surface area contributed by atoms with Gasteiger partial charge in [0.25, 0.3) is 0 Å². The van der Waals surface area contributed by atoms with Gasteiger partial charge in [0.15, 0.2) is 0 Å². The largest absolute Gasteiger partial charge is 0.493 e. The van der Waals surface area contributed by atoms with E-state index in [1.807, 2.05) is 37.3 Å². The average Bonchev–Trinajstić information content (AvgIpc) is 3.25. The van der Waals surface area contributed by atoms with Crippen LogP contribution in [-0.4, -0.2) is 29.6 Å². The van der Waals surface area contributed by atoms with Crippen molar-refractivity contribution in [3.8, 4) is 17.2 Å². The van der Waals surface area contributed by atoms with Crippen LogP contribution in [-0.2, 0) is 12.8 Å². The number of aryl methyl sites for hydroxylation is 1. The van der Waals surface area contributed by atoms with Crippen LogP contribution < -0.4 is 4.74 Å². The zero-order valence-corrected chi connectivity index (χ0v) is 20.8. The summed E-state index contributed by atoms with van der Waals surface area (Å²) in [5, 5.41) is 0. The molecule has 2 aromatic carbocycles. The maximum absolute atomic E-state index is 6.22. The normalized spacial score (nSPS) is 19.2. The van der Waals surface area contributed by atoms with E-state index in [1.54, 1.807) is 0 Å². The molecule has 1 atom stereocenters. The highest BCUT2D eigenvalue weighted by Crippen LogP contribution is 2.36. The SMILES string of the molecule is CCC1c2cc(OCCc3nc(-c4ccccc4)oc3C)ccc2CCN1CC1CCCCC1. The van der Waals surface area contributed by atoms with Gasteiger partial charge in [0.2, 0.25) is 5.89 Å². The number of aromatic nitrogens is 1. The number of benzene rings is 2. The van der Waals surface area contributed by atoms with Crippen molar-refractivity contribution in [1.29, 1.82) is 0 Å². The minimum absolute atomic E-state index is 0.514. The number of hydrogen-bond acceptors (Lipinski definition) is 4. The predicted molar refractivity (Wildman–Crippen MR) is 137 cm³/mol. The Bertz CT molecular complexity index is 1070. The van der Waals surface area contributed by atoms with Gasteiger partial charge < -0.3 is 9.15 Å². The molecule has 0 amide bonds. The van der Waals surface area contributed by atoms with Crippen molar-refractivity contribution in [2.75, 3.05) is 19.7 Å². The monoisotopic (exact) mass is 458 g/mol. The quantitative estimate of drug-likeness (QED) is 0.359. The Morgan fingerprint density at radius 1 is 1.06 bits per heavy atom. The maximum atomic E-state index is 6.22. The second-order valence-corrected chi connectivity index (χ2v) is 10.0. The van der Waals surface area contributed by atoms with Gasteiger partial charge in [-0.3, -0.25) is 4.90 Å². The predicted octanol–water partition coefficient (Wildman–Crippen LogP) is 7.16. The minimum Gasteiger partial charge on any atom is -0.493 e. The molecule has 5 rings (SSSR count). The summed E-state index contributed by atoms with van der Waals surface area (Å²) in [7, 11) is 0. The van der Waals surface area contributed by atoms with Gasteiger partial charge in [-0.05, 0) is 73.9 Å². The molecular formula is C30H38N2O2. The molecule has 1 aromatic heterocycles. The van der Waals surface area contributed by atoms with Gasteiger partial charge in [-0.15, -0.1) is 0 Å². The van der Waals surface area contributed by atoms with E-state index < -0.39 is 0 Å². The van der Waals surface area contributed by atoms with E-state index in [9.17, 15) is 0 Å². The standard InChI is InChI=1S/C30H38N2O2/c1-3-29-27-20-26(15-14-24(27)16-18-32(29)21-23-10-6-4-7-11-23)33-19-17-28-22(2)34-30(31-28)25-12-8-5-9-13-25/h5,8-9,12-15,20,23,29H,3-4,6-7,10-11,16-19,21H2,1-2H3. The van der Waals surface area contributed by atoms with Crippen LogP contribution in [0.2, 0.25) is 0 Å². The van der Waals surface area contributed by atoms with Gasteiger partial charge in [-0.25, -0.2) is 4.98 Å². The molecule has 0 bridgehead atoms. The molecule has 180 valence electrons. The molecule has 2 heterocycles. The Hall–Kier alpha value is -2.59. The summed E-state index contributed by atoms with van der Waals surface area (Å²) in [4.78, 5) is 7.47. The molecule has 1 aliphatic heterocycles. The molecular weight excluding hydrogens is 420 g/mol.